The van der Waals surface area contributed by atoms with E-state index in [0.717, 1.165) is 69.5 Å². The Morgan fingerprint density at radius 3 is 3.08 bits per heavy atom. The summed E-state index contributed by atoms with van der Waals surface area (Å²) >= 11 is 0. The Balaban J connectivity index is 1.24. The Morgan fingerprint density at radius 1 is 1.42 bits per heavy atom. The molecule has 0 saturated carbocycles. The Labute approximate surface area is 154 Å². The number of ether oxygens (including phenoxy) is 2. The first-order valence-electron chi connectivity index (χ1n) is 9.67. The smallest absolute Gasteiger partial charge is 0.249 e. The molecular formula is C20H27N3O3. The van der Waals surface area contributed by atoms with Gasteiger partial charge < -0.3 is 14.4 Å². The summed E-state index contributed by atoms with van der Waals surface area (Å²) in [5.74, 6) is 1.39. The highest BCUT2D eigenvalue weighted by Gasteiger charge is 2.49. The van der Waals surface area contributed by atoms with Crippen LogP contribution in [0.4, 0.5) is 0 Å². The van der Waals surface area contributed by atoms with Gasteiger partial charge in [0, 0.05) is 18.4 Å². The zero-order chi connectivity index (χ0) is 18.0. The van der Waals surface area contributed by atoms with Gasteiger partial charge in [-0.25, -0.2) is 4.98 Å². The number of allylic oxidation sites excluding steroid dienone is 1. The number of carbonyl (C=O) groups excluding carboxylic acids is 1. The van der Waals surface area contributed by atoms with E-state index in [4.69, 9.17) is 9.47 Å². The van der Waals surface area contributed by atoms with Gasteiger partial charge in [-0.2, -0.15) is 0 Å². The molecule has 1 aromatic heterocycles. The molecule has 6 nitrogen and oxygen atoms in total. The predicted molar refractivity (Wildman–Crippen MR) is 96.8 cm³/mol. The number of nitrogens with zero attached hydrogens (tertiary/aromatic N) is 3. The maximum atomic E-state index is 12.5. The standard InChI is InChI=1S/C20H27N3O3/c1-15-11-21-12-18(22-15)25-8-6-16-7-9-26-20(10-16)13-23(14-20)19(24)17-4-2-3-5-17/h4,11-12,16H,2-3,5-10,13-14H2,1H3/t16-/m0/s1. The van der Waals surface area contributed by atoms with E-state index >= 15 is 0 Å². The summed E-state index contributed by atoms with van der Waals surface area (Å²) in [6, 6.07) is 0. The van der Waals surface area contributed by atoms with Crippen LogP contribution in [0.15, 0.2) is 24.0 Å². The van der Waals surface area contributed by atoms with E-state index in [1.54, 1.807) is 12.4 Å². The molecule has 26 heavy (non-hydrogen) atoms. The molecule has 2 aliphatic heterocycles. The first kappa shape index (κ1) is 17.5. The fourth-order valence-electron chi connectivity index (χ4n) is 4.30. The lowest BCUT2D eigenvalue weighted by atomic mass is 9.79. The molecular weight excluding hydrogens is 330 g/mol. The normalized spacial score (nSPS) is 24.3. The maximum absolute atomic E-state index is 12.5. The van der Waals surface area contributed by atoms with Crippen molar-refractivity contribution in [3.05, 3.63) is 29.7 Å². The molecule has 0 unspecified atom stereocenters. The van der Waals surface area contributed by atoms with Crippen LogP contribution in [0.1, 0.15) is 44.2 Å². The molecule has 140 valence electrons. The largest absolute Gasteiger partial charge is 0.477 e. The van der Waals surface area contributed by atoms with Crippen molar-refractivity contribution in [2.45, 2.75) is 51.0 Å². The zero-order valence-corrected chi connectivity index (χ0v) is 15.4. The summed E-state index contributed by atoms with van der Waals surface area (Å²) in [7, 11) is 0. The van der Waals surface area contributed by atoms with Crippen molar-refractivity contribution in [2.75, 3.05) is 26.3 Å². The number of amides is 1. The van der Waals surface area contributed by atoms with Gasteiger partial charge in [-0.05, 0) is 51.4 Å². The minimum Gasteiger partial charge on any atom is -0.477 e. The molecule has 4 rings (SSSR count). The molecule has 3 aliphatic rings. The Bertz CT molecular complexity index is 697. The summed E-state index contributed by atoms with van der Waals surface area (Å²) in [5.41, 5.74) is 1.74. The van der Waals surface area contributed by atoms with Crippen molar-refractivity contribution < 1.29 is 14.3 Å². The highest BCUT2D eigenvalue weighted by Crippen LogP contribution is 2.39. The van der Waals surface area contributed by atoms with Crippen LogP contribution in [-0.2, 0) is 9.53 Å². The molecule has 0 radical (unpaired) electrons. The van der Waals surface area contributed by atoms with E-state index in [-0.39, 0.29) is 11.5 Å². The first-order chi connectivity index (χ1) is 12.6. The zero-order valence-electron chi connectivity index (χ0n) is 15.4. The van der Waals surface area contributed by atoms with Crippen LogP contribution in [-0.4, -0.2) is 52.7 Å². The fourth-order valence-corrected chi connectivity index (χ4v) is 4.30. The molecule has 2 saturated heterocycles. The van der Waals surface area contributed by atoms with E-state index < -0.39 is 0 Å². The van der Waals surface area contributed by atoms with Crippen LogP contribution in [0, 0.1) is 12.8 Å². The molecule has 3 heterocycles. The molecule has 2 fully saturated rings. The molecule has 0 bridgehead atoms. The van der Waals surface area contributed by atoms with Gasteiger partial charge in [0.1, 0.15) is 5.60 Å². The SMILES string of the molecule is Cc1cncc(OCC[C@H]2CCOC3(C2)CN(C(=O)C2=CCCC2)C3)n1. The second-order valence-corrected chi connectivity index (χ2v) is 7.81. The second-order valence-electron chi connectivity index (χ2n) is 7.81. The summed E-state index contributed by atoms with van der Waals surface area (Å²) < 4.78 is 11.8. The highest BCUT2D eigenvalue weighted by atomic mass is 16.5. The van der Waals surface area contributed by atoms with E-state index in [2.05, 4.69) is 16.0 Å². The van der Waals surface area contributed by atoms with Gasteiger partial charge in [-0.1, -0.05) is 6.08 Å². The van der Waals surface area contributed by atoms with Gasteiger partial charge in [0.25, 0.3) is 0 Å². The minimum atomic E-state index is -0.124. The van der Waals surface area contributed by atoms with Gasteiger partial charge >= 0.3 is 0 Å². The van der Waals surface area contributed by atoms with E-state index in [1.165, 1.54) is 0 Å². The van der Waals surface area contributed by atoms with Crippen LogP contribution in [0.5, 0.6) is 5.88 Å². The number of aryl methyl sites for hydroxylation is 1. The lowest BCUT2D eigenvalue weighted by Gasteiger charge is -2.53. The number of carbonyl (C=O) groups is 1. The van der Waals surface area contributed by atoms with Crippen molar-refractivity contribution >= 4 is 5.91 Å². The number of aromatic nitrogens is 2. The van der Waals surface area contributed by atoms with Crippen molar-refractivity contribution in [3.8, 4) is 5.88 Å². The minimum absolute atomic E-state index is 0.124. The maximum Gasteiger partial charge on any atom is 0.249 e. The first-order valence-corrected chi connectivity index (χ1v) is 9.67. The van der Waals surface area contributed by atoms with Crippen LogP contribution < -0.4 is 4.74 Å². The molecule has 0 N–H and O–H groups in total. The third kappa shape index (κ3) is 3.75. The molecule has 6 heteroatoms. The van der Waals surface area contributed by atoms with Crippen molar-refractivity contribution in [3.63, 3.8) is 0 Å². The Morgan fingerprint density at radius 2 is 2.31 bits per heavy atom. The quantitative estimate of drug-likeness (QED) is 0.811. The molecule has 1 amide bonds. The topological polar surface area (TPSA) is 64.6 Å². The average molecular weight is 357 g/mol. The molecule has 1 atom stereocenters. The van der Waals surface area contributed by atoms with Gasteiger partial charge in [-0.3, -0.25) is 9.78 Å². The molecule has 1 aromatic rings. The van der Waals surface area contributed by atoms with Crippen LogP contribution in [0.3, 0.4) is 0 Å². The van der Waals surface area contributed by atoms with Gasteiger partial charge in [-0.15, -0.1) is 0 Å². The molecule has 1 aliphatic carbocycles. The van der Waals surface area contributed by atoms with Crippen LogP contribution in [0.25, 0.3) is 0 Å². The molecule has 1 spiro atoms. The summed E-state index contributed by atoms with van der Waals surface area (Å²) in [6.45, 7) is 4.81. The third-order valence-corrected chi connectivity index (χ3v) is 5.66. The second kappa shape index (κ2) is 7.35. The average Bonchev–Trinajstić information content (AvgIpc) is 3.14. The summed E-state index contributed by atoms with van der Waals surface area (Å²) in [6.07, 6.45) is 11.6. The van der Waals surface area contributed by atoms with E-state index in [0.29, 0.717) is 18.4 Å². The summed E-state index contributed by atoms with van der Waals surface area (Å²) in [4.78, 5) is 22.8. The molecule has 0 aromatic carbocycles. The third-order valence-electron chi connectivity index (χ3n) is 5.66. The van der Waals surface area contributed by atoms with Gasteiger partial charge in [0.2, 0.25) is 11.8 Å². The van der Waals surface area contributed by atoms with Crippen molar-refractivity contribution in [1.82, 2.24) is 14.9 Å². The van der Waals surface area contributed by atoms with Crippen LogP contribution >= 0.6 is 0 Å². The summed E-state index contributed by atoms with van der Waals surface area (Å²) in [5, 5.41) is 0. The monoisotopic (exact) mass is 357 g/mol. The van der Waals surface area contributed by atoms with Crippen molar-refractivity contribution in [1.29, 1.82) is 0 Å². The number of hydrogen-bond acceptors (Lipinski definition) is 5. The highest BCUT2D eigenvalue weighted by molar-refractivity contribution is 5.94. The van der Waals surface area contributed by atoms with Gasteiger partial charge in [0.05, 0.1) is 31.6 Å². The van der Waals surface area contributed by atoms with E-state index in [1.807, 2.05) is 11.8 Å². The Kier molecular flexibility index (Phi) is 4.94. The van der Waals surface area contributed by atoms with Crippen LogP contribution in [0.2, 0.25) is 0 Å². The predicted octanol–water partition coefficient (Wildman–Crippen LogP) is 2.67. The van der Waals surface area contributed by atoms with Crippen molar-refractivity contribution in [2.24, 2.45) is 5.92 Å². The lowest BCUT2D eigenvalue weighted by molar-refractivity contribution is -0.186. The lowest BCUT2D eigenvalue weighted by Crippen LogP contribution is -2.66. The Hall–Kier alpha value is -1.95. The van der Waals surface area contributed by atoms with Gasteiger partial charge in [0.15, 0.2) is 0 Å². The fraction of sp³-hybridized carbons (Fsp3) is 0.650. The number of rotatable bonds is 5. The van der Waals surface area contributed by atoms with E-state index in [9.17, 15) is 4.79 Å². The number of likely N-dealkylation sites (tertiary alicyclic amines) is 1. The number of hydrogen-bond donors (Lipinski definition) is 0.